The van der Waals surface area contributed by atoms with Crippen molar-refractivity contribution in [3.05, 3.63) is 59.8 Å². The van der Waals surface area contributed by atoms with Gasteiger partial charge < -0.3 is 24.2 Å². The molecule has 15 heteroatoms. The Kier molecular flexibility index (Phi) is 8.36. The summed E-state index contributed by atoms with van der Waals surface area (Å²) in [5.74, 6) is -0.857. The summed E-state index contributed by atoms with van der Waals surface area (Å²) in [6, 6.07) is 8.08. The smallest absolute Gasteiger partial charge is 0.412 e. The first kappa shape index (κ1) is 30.0. The van der Waals surface area contributed by atoms with E-state index in [4.69, 9.17) is 14.2 Å². The number of aromatic nitrogens is 5. The lowest BCUT2D eigenvalue weighted by Gasteiger charge is -2.16. The Balaban J connectivity index is 1.08. The lowest BCUT2D eigenvalue weighted by atomic mass is 10.1. The van der Waals surface area contributed by atoms with Gasteiger partial charge in [-0.25, -0.2) is 29.1 Å². The largest absolute Gasteiger partial charge is 0.480 e. The Morgan fingerprint density at radius 2 is 2.00 bits per heavy atom. The van der Waals surface area contributed by atoms with E-state index in [0.29, 0.717) is 50.9 Å². The van der Waals surface area contributed by atoms with Gasteiger partial charge in [0.25, 0.3) is 11.8 Å². The van der Waals surface area contributed by atoms with Gasteiger partial charge in [0.2, 0.25) is 5.88 Å². The summed E-state index contributed by atoms with van der Waals surface area (Å²) in [5.41, 5.74) is 3.84. The number of carbonyl (C=O) groups is 2. The van der Waals surface area contributed by atoms with Crippen LogP contribution >= 0.6 is 11.3 Å². The van der Waals surface area contributed by atoms with E-state index in [2.05, 4.69) is 30.2 Å². The van der Waals surface area contributed by atoms with E-state index in [1.807, 2.05) is 19.1 Å². The molecule has 45 heavy (non-hydrogen) atoms. The predicted molar refractivity (Wildman–Crippen MR) is 163 cm³/mol. The van der Waals surface area contributed by atoms with Crippen molar-refractivity contribution in [2.24, 2.45) is 0 Å². The lowest BCUT2D eigenvalue weighted by Crippen LogP contribution is -2.30. The predicted octanol–water partition coefficient (Wildman–Crippen LogP) is 4.38. The molecule has 0 spiro atoms. The highest BCUT2D eigenvalue weighted by atomic mass is 32.1. The van der Waals surface area contributed by atoms with Gasteiger partial charge in [-0.3, -0.25) is 10.1 Å². The van der Waals surface area contributed by atoms with Crippen LogP contribution in [0.4, 0.5) is 14.9 Å². The first-order chi connectivity index (χ1) is 21.7. The van der Waals surface area contributed by atoms with Crippen molar-refractivity contribution in [2.75, 3.05) is 32.1 Å². The highest BCUT2D eigenvalue weighted by Crippen LogP contribution is 2.35. The fourth-order valence-corrected chi connectivity index (χ4v) is 5.72. The Hall–Kier alpha value is -5.02. The fourth-order valence-electron chi connectivity index (χ4n) is 4.79. The molecule has 1 aromatic carbocycles. The molecule has 1 aliphatic heterocycles. The number of aliphatic hydroxyl groups is 1. The summed E-state index contributed by atoms with van der Waals surface area (Å²) in [6.07, 6.45) is 1.32. The first-order valence-corrected chi connectivity index (χ1v) is 14.8. The average molecular weight is 634 g/mol. The average Bonchev–Trinajstić information content (AvgIpc) is 3.64. The molecule has 0 radical (unpaired) electrons. The van der Waals surface area contributed by atoms with Gasteiger partial charge >= 0.3 is 6.09 Å². The third kappa shape index (κ3) is 6.58. The molecule has 1 fully saturated rings. The molecule has 4 aromatic heterocycles. The number of nitrogens with zero attached hydrogens (tertiary/aromatic N) is 6. The number of halogens is 1. The minimum Gasteiger partial charge on any atom is -0.480 e. The Morgan fingerprint density at radius 3 is 2.73 bits per heavy atom. The second-order valence-corrected chi connectivity index (χ2v) is 11.5. The van der Waals surface area contributed by atoms with Crippen LogP contribution in [0.3, 0.4) is 0 Å². The Morgan fingerprint density at radius 1 is 1.16 bits per heavy atom. The molecule has 232 valence electrons. The van der Waals surface area contributed by atoms with Crippen LogP contribution in [0.5, 0.6) is 11.8 Å². The van der Waals surface area contributed by atoms with Crippen LogP contribution in [0.25, 0.3) is 32.0 Å². The molecule has 5 heterocycles. The van der Waals surface area contributed by atoms with Crippen molar-refractivity contribution in [1.29, 1.82) is 0 Å². The van der Waals surface area contributed by atoms with E-state index in [0.717, 1.165) is 11.1 Å². The van der Waals surface area contributed by atoms with E-state index in [9.17, 15) is 19.1 Å². The van der Waals surface area contributed by atoms with Crippen molar-refractivity contribution < 1.29 is 33.3 Å². The van der Waals surface area contributed by atoms with E-state index < -0.39 is 24.1 Å². The molecule has 0 unspecified atom stereocenters. The van der Waals surface area contributed by atoms with Gasteiger partial charge in [-0.15, -0.1) is 0 Å². The molecule has 0 aliphatic carbocycles. The Labute approximate surface area is 260 Å². The van der Waals surface area contributed by atoms with Crippen LogP contribution in [0.2, 0.25) is 0 Å². The SMILES string of the molecule is COc1cnc2c(-c3nc4cc(F)c(OC[C@@H](C)OC(=O)Nc5ccc(C(=O)N6CC[C@H](O)C6)nc5)nc4s3)cc(C)cc2n1. The van der Waals surface area contributed by atoms with Gasteiger partial charge in [-0.05, 0) is 50.1 Å². The number of likely N-dealkylation sites (tertiary alicyclic amines) is 1. The number of fused-ring (bicyclic) bond motifs is 2. The highest BCUT2D eigenvalue weighted by Gasteiger charge is 2.26. The zero-order chi connectivity index (χ0) is 31.7. The number of carbonyl (C=O) groups excluding carboxylic acids is 2. The summed E-state index contributed by atoms with van der Waals surface area (Å²) in [7, 11) is 1.52. The summed E-state index contributed by atoms with van der Waals surface area (Å²) in [4.78, 5) is 48.8. The Bertz CT molecular complexity index is 1900. The summed E-state index contributed by atoms with van der Waals surface area (Å²) in [6.45, 7) is 4.08. The molecule has 1 aliphatic rings. The number of ether oxygens (including phenoxy) is 3. The number of aliphatic hydroxyl groups excluding tert-OH is 1. The van der Waals surface area contributed by atoms with Crippen LogP contribution in [0, 0.1) is 12.7 Å². The van der Waals surface area contributed by atoms with Crippen molar-refractivity contribution in [3.63, 3.8) is 0 Å². The van der Waals surface area contributed by atoms with Crippen LogP contribution in [-0.2, 0) is 4.74 Å². The number of hydrogen-bond donors (Lipinski definition) is 2. The van der Waals surface area contributed by atoms with Crippen LogP contribution in [0.15, 0.2) is 42.7 Å². The quantitative estimate of drug-likeness (QED) is 0.250. The maximum atomic E-state index is 14.9. The number of thiazole rings is 1. The molecule has 2 atom stereocenters. The minimum absolute atomic E-state index is 0.165. The van der Waals surface area contributed by atoms with E-state index >= 15 is 0 Å². The topological polar surface area (TPSA) is 162 Å². The van der Waals surface area contributed by atoms with Crippen molar-refractivity contribution >= 4 is 50.4 Å². The number of amides is 2. The van der Waals surface area contributed by atoms with Crippen molar-refractivity contribution in [2.45, 2.75) is 32.5 Å². The van der Waals surface area contributed by atoms with E-state index in [1.54, 1.807) is 6.92 Å². The first-order valence-electron chi connectivity index (χ1n) is 14.0. The molecule has 13 nitrogen and oxygen atoms in total. The van der Waals surface area contributed by atoms with Crippen molar-refractivity contribution in [3.8, 4) is 22.3 Å². The second kappa shape index (κ2) is 12.5. The third-order valence-corrected chi connectivity index (χ3v) is 7.95. The molecule has 2 N–H and O–H groups in total. The van der Waals surface area contributed by atoms with Crippen LogP contribution in [0.1, 0.15) is 29.4 Å². The summed E-state index contributed by atoms with van der Waals surface area (Å²) in [5, 5.41) is 12.8. The molecule has 5 aromatic rings. The number of anilines is 1. The number of benzene rings is 1. The zero-order valence-corrected chi connectivity index (χ0v) is 25.3. The number of pyridine rings is 2. The van der Waals surface area contributed by atoms with Crippen LogP contribution < -0.4 is 14.8 Å². The molecule has 6 rings (SSSR count). The molecule has 0 saturated carbocycles. The van der Waals surface area contributed by atoms with Gasteiger partial charge in [0.05, 0.1) is 42.3 Å². The molecular weight excluding hydrogens is 605 g/mol. The monoisotopic (exact) mass is 633 g/mol. The summed E-state index contributed by atoms with van der Waals surface area (Å²) < 4.78 is 31.0. The molecule has 0 bridgehead atoms. The second-order valence-electron chi connectivity index (χ2n) is 10.5. The number of rotatable bonds is 8. The highest BCUT2D eigenvalue weighted by molar-refractivity contribution is 7.21. The van der Waals surface area contributed by atoms with Gasteiger partial charge in [-0.1, -0.05) is 11.3 Å². The third-order valence-electron chi connectivity index (χ3n) is 6.96. The molecule has 2 amide bonds. The van der Waals surface area contributed by atoms with Crippen LogP contribution in [-0.4, -0.2) is 85.9 Å². The molecule has 1 saturated heterocycles. The number of β-amino-alcohol motifs (C(OH)–C–C–N with tert-alkyl or cyclic N) is 1. The fraction of sp³-hybridized carbons (Fsp3) is 0.300. The summed E-state index contributed by atoms with van der Waals surface area (Å²) >= 11 is 1.26. The van der Waals surface area contributed by atoms with E-state index in [1.165, 1.54) is 53.9 Å². The van der Waals surface area contributed by atoms with Gasteiger partial charge in [0.1, 0.15) is 33.8 Å². The minimum atomic E-state index is -0.781. The maximum Gasteiger partial charge on any atom is 0.412 e. The zero-order valence-electron chi connectivity index (χ0n) is 24.5. The van der Waals surface area contributed by atoms with Gasteiger partial charge in [0.15, 0.2) is 5.82 Å². The van der Waals surface area contributed by atoms with Gasteiger partial charge in [-0.2, -0.15) is 4.98 Å². The maximum absolute atomic E-state index is 14.9. The number of nitrogens with one attached hydrogen (secondary N) is 1. The number of methoxy groups -OCH3 is 1. The normalized spacial score (nSPS) is 15.3. The lowest BCUT2D eigenvalue weighted by molar-refractivity contribution is 0.0759. The number of hydrogen-bond acceptors (Lipinski definition) is 12. The standard InChI is InChI=1S/C30H28FN7O6S/c1-15-8-19(25-22(9-15)35-24(42-3)12-33-25)27-36-23-10-20(31)26(37-28(23)45-27)43-14-16(2)44-30(41)34-17-4-5-21(32-11-17)29(40)38-7-6-18(39)13-38/h4-5,8-12,16,18,39H,6-7,13-14H2,1-3H3,(H,34,41)/t16-,18+/m1/s1. The van der Waals surface area contributed by atoms with Gasteiger partial charge in [0, 0.05) is 24.7 Å². The molecular formula is C30H28FN7O6S. The van der Waals surface area contributed by atoms with Crippen molar-refractivity contribution in [1.82, 2.24) is 29.8 Å². The van der Waals surface area contributed by atoms with E-state index in [-0.39, 0.29) is 30.6 Å². The number of aryl methyl sites for hydroxylation is 1.